The summed E-state index contributed by atoms with van der Waals surface area (Å²) in [6, 6.07) is 6.92. The van der Waals surface area contributed by atoms with Gasteiger partial charge in [-0.25, -0.2) is 14.3 Å². The van der Waals surface area contributed by atoms with E-state index < -0.39 is 6.36 Å². The number of nitrogens with zero attached hydrogens (tertiary/aromatic N) is 3. The monoisotopic (exact) mass is 522 g/mol. The van der Waals surface area contributed by atoms with Gasteiger partial charge in [0.15, 0.2) is 0 Å². The topological polar surface area (TPSA) is 67.4 Å². The predicted molar refractivity (Wildman–Crippen MR) is 138 cm³/mol. The molecular weight excluding hydrogens is 489 g/mol. The highest BCUT2D eigenvalue weighted by Crippen LogP contribution is 2.30. The van der Waals surface area contributed by atoms with Crippen LogP contribution in [0.25, 0.3) is 11.3 Å². The second kappa shape index (κ2) is 14.0. The molecule has 6 nitrogen and oxygen atoms in total. The molecule has 0 bridgehead atoms. The molecular formula is C26H33F3N4O2S. The van der Waals surface area contributed by atoms with Crippen molar-refractivity contribution in [1.29, 1.82) is 0 Å². The molecule has 1 atom stereocenters. The number of aromatic nitrogens is 2. The number of nitrogens with one attached hydrogen (secondary N) is 1. The molecule has 1 aromatic carbocycles. The number of allylic oxidation sites excluding steroid dienone is 4. The molecule has 3 rings (SSSR count). The van der Waals surface area contributed by atoms with Crippen molar-refractivity contribution in [3.05, 3.63) is 65.0 Å². The van der Waals surface area contributed by atoms with E-state index in [1.165, 1.54) is 36.2 Å². The number of hydrogen-bond donors (Lipinski definition) is 1. The Labute approximate surface area is 215 Å². The fraction of sp³-hybridized carbons (Fsp3) is 0.423. The molecule has 0 radical (unpaired) electrons. The SMILES string of the molecule is CC.CC(C)=C/C=C(\C)SN1CCCC1C(=O)NCc1cc(-c2ccc(OC(F)(F)F)cc2)ncn1. The number of hydrogen-bond acceptors (Lipinski definition) is 6. The average molecular weight is 523 g/mol. The Kier molecular flexibility index (Phi) is 11.5. The number of carbonyl (C=O) groups is 1. The van der Waals surface area contributed by atoms with Gasteiger partial charge in [0, 0.05) is 12.1 Å². The van der Waals surface area contributed by atoms with Crippen molar-refractivity contribution in [2.24, 2.45) is 0 Å². The van der Waals surface area contributed by atoms with Crippen molar-refractivity contribution < 1.29 is 22.7 Å². The number of ether oxygens (including phenoxy) is 1. The van der Waals surface area contributed by atoms with Crippen LogP contribution in [0.2, 0.25) is 0 Å². The minimum atomic E-state index is -4.74. The van der Waals surface area contributed by atoms with E-state index in [0.29, 0.717) is 17.0 Å². The van der Waals surface area contributed by atoms with Crippen LogP contribution in [-0.2, 0) is 11.3 Å². The molecule has 10 heteroatoms. The van der Waals surface area contributed by atoms with Crippen LogP contribution in [-0.4, -0.2) is 39.1 Å². The van der Waals surface area contributed by atoms with E-state index in [-0.39, 0.29) is 24.2 Å². The summed E-state index contributed by atoms with van der Waals surface area (Å²) in [4.78, 5) is 22.3. The zero-order valence-corrected chi connectivity index (χ0v) is 22.0. The van der Waals surface area contributed by atoms with Gasteiger partial charge in [0.25, 0.3) is 0 Å². The summed E-state index contributed by atoms with van der Waals surface area (Å²) >= 11 is 1.59. The third-order valence-electron chi connectivity index (χ3n) is 4.97. The molecule has 0 saturated carbocycles. The minimum Gasteiger partial charge on any atom is -0.406 e. The summed E-state index contributed by atoms with van der Waals surface area (Å²) in [7, 11) is 0. The number of alkyl halides is 3. The van der Waals surface area contributed by atoms with Crippen LogP contribution >= 0.6 is 11.9 Å². The van der Waals surface area contributed by atoms with E-state index in [9.17, 15) is 18.0 Å². The zero-order valence-electron chi connectivity index (χ0n) is 21.2. The largest absolute Gasteiger partial charge is 0.573 e. The summed E-state index contributed by atoms with van der Waals surface area (Å²) in [6.07, 6.45) is 2.47. The molecule has 1 amide bonds. The van der Waals surface area contributed by atoms with Crippen molar-refractivity contribution in [1.82, 2.24) is 19.6 Å². The van der Waals surface area contributed by atoms with Gasteiger partial charge in [-0.1, -0.05) is 31.6 Å². The zero-order chi connectivity index (χ0) is 26.7. The van der Waals surface area contributed by atoms with Crippen LogP contribution < -0.4 is 10.1 Å². The number of rotatable bonds is 8. The Balaban J connectivity index is 0.00000222. The van der Waals surface area contributed by atoms with Gasteiger partial charge in [-0.2, -0.15) is 0 Å². The van der Waals surface area contributed by atoms with E-state index in [1.54, 1.807) is 18.0 Å². The van der Waals surface area contributed by atoms with Gasteiger partial charge < -0.3 is 10.1 Å². The van der Waals surface area contributed by atoms with Crippen molar-refractivity contribution in [3.8, 4) is 17.0 Å². The molecule has 0 spiro atoms. The van der Waals surface area contributed by atoms with Crippen LogP contribution in [0.3, 0.4) is 0 Å². The predicted octanol–water partition coefficient (Wildman–Crippen LogP) is 6.67. The molecule has 0 aliphatic carbocycles. The smallest absolute Gasteiger partial charge is 0.406 e. The van der Waals surface area contributed by atoms with E-state index >= 15 is 0 Å². The minimum absolute atomic E-state index is 0.0613. The van der Waals surface area contributed by atoms with E-state index in [1.807, 2.05) is 34.6 Å². The van der Waals surface area contributed by atoms with Gasteiger partial charge in [-0.15, -0.1) is 13.2 Å². The molecule has 1 aliphatic rings. The lowest BCUT2D eigenvalue weighted by Gasteiger charge is -2.22. The lowest BCUT2D eigenvalue weighted by Crippen LogP contribution is -2.40. The Hall–Kier alpha value is -2.85. The summed E-state index contributed by atoms with van der Waals surface area (Å²) in [5, 5.41) is 2.95. The van der Waals surface area contributed by atoms with Crippen molar-refractivity contribution in [2.75, 3.05) is 6.54 Å². The van der Waals surface area contributed by atoms with Gasteiger partial charge in [-0.3, -0.25) is 4.79 Å². The quantitative estimate of drug-likeness (QED) is 0.309. The van der Waals surface area contributed by atoms with E-state index in [0.717, 1.165) is 24.3 Å². The molecule has 2 aromatic rings. The van der Waals surface area contributed by atoms with Gasteiger partial charge in [-0.05, 0) is 80.8 Å². The van der Waals surface area contributed by atoms with E-state index in [4.69, 9.17) is 0 Å². The fourth-order valence-electron chi connectivity index (χ4n) is 3.39. The Morgan fingerprint density at radius 1 is 1.17 bits per heavy atom. The molecule has 36 heavy (non-hydrogen) atoms. The van der Waals surface area contributed by atoms with Crippen LogP contribution in [0.4, 0.5) is 13.2 Å². The summed E-state index contributed by atoms with van der Waals surface area (Å²) in [5.41, 5.74) is 2.97. The second-order valence-corrected chi connectivity index (χ2v) is 9.39. The molecule has 1 saturated heterocycles. The maximum absolute atomic E-state index is 12.8. The Morgan fingerprint density at radius 3 is 2.50 bits per heavy atom. The first kappa shape index (κ1) is 29.4. The van der Waals surface area contributed by atoms with E-state index in [2.05, 4.69) is 36.5 Å². The maximum atomic E-state index is 12.8. The fourth-order valence-corrected chi connectivity index (χ4v) is 4.43. The molecule has 1 aromatic heterocycles. The third kappa shape index (κ3) is 9.66. The molecule has 1 unspecified atom stereocenters. The number of carbonyl (C=O) groups excluding carboxylic acids is 1. The highest BCUT2D eigenvalue weighted by molar-refractivity contribution is 8.00. The van der Waals surface area contributed by atoms with Crippen molar-refractivity contribution in [3.63, 3.8) is 0 Å². The Bertz CT molecular complexity index is 1050. The first-order valence-electron chi connectivity index (χ1n) is 11.8. The maximum Gasteiger partial charge on any atom is 0.573 e. The van der Waals surface area contributed by atoms with Crippen LogP contribution in [0, 0.1) is 0 Å². The van der Waals surface area contributed by atoms with Gasteiger partial charge in [0.05, 0.1) is 24.0 Å². The van der Waals surface area contributed by atoms with Gasteiger partial charge >= 0.3 is 6.36 Å². The molecule has 1 N–H and O–H groups in total. The first-order valence-corrected chi connectivity index (χ1v) is 12.6. The lowest BCUT2D eigenvalue weighted by atomic mass is 10.1. The number of benzene rings is 1. The molecule has 1 fully saturated rings. The normalized spacial score (nSPS) is 16.1. The number of amides is 1. The Morgan fingerprint density at radius 2 is 1.86 bits per heavy atom. The standard InChI is InChI=1S/C24H27F3N4O2S.C2H6/c1-16(2)6-7-17(3)34-31-12-4-5-22(31)23(32)28-14-19-13-21(30-15-29-19)18-8-10-20(11-9-18)33-24(25,26)27;1-2/h6-11,13,15,22H,4-5,12,14H2,1-3H3,(H,28,32);1-2H3/b17-7+;. The van der Waals surface area contributed by atoms with Gasteiger partial charge in [0.1, 0.15) is 12.1 Å². The number of halogens is 3. The van der Waals surface area contributed by atoms with Crippen molar-refractivity contribution >= 4 is 17.9 Å². The third-order valence-corrected chi connectivity index (χ3v) is 6.07. The average Bonchev–Trinajstić information content (AvgIpc) is 3.30. The van der Waals surface area contributed by atoms with Crippen molar-refractivity contribution in [2.45, 2.75) is 66.4 Å². The molecule has 1 aliphatic heterocycles. The second-order valence-electron chi connectivity index (χ2n) is 8.10. The summed E-state index contributed by atoms with van der Waals surface area (Å²) in [6.45, 7) is 11.2. The lowest BCUT2D eigenvalue weighted by molar-refractivity contribution is -0.274. The first-order chi connectivity index (χ1) is 17.1. The van der Waals surface area contributed by atoms with Gasteiger partial charge in [0.2, 0.25) is 5.91 Å². The van der Waals surface area contributed by atoms with Crippen LogP contribution in [0.15, 0.2) is 59.3 Å². The van der Waals surface area contributed by atoms with Crippen LogP contribution in [0.5, 0.6) is 5.75 Å². The summed E-state index contributed by atoms with van der Waals surface area (Å²) in [5.74, 6) is -0.364. The summed E-state index contributed by atoms with van der Waals surface area (Å²) < 4.78 is 43.0. The molecule has 196 valence electrons. The van der Waals surface area contributed by atoms with Crippen LogP contribution in [0.1, 0.15) is 53.2 Å². The highest BCUT2D eigenvalue weighted by Gasteiger charge is 2.32. The highest BCUT2D eigenvalue weighted by atomic mass is 32.2. The molecule has 2 heterocycles.